The van der Waals surface area contributed by atoms with E-state index >= 15 is 0 Å². The summed E-state index contributed by atoms with van der Waals surface area (Å²) in [5, 5.41) is 4.09. The van der Waals surface area contributed by atoms with Gasteiger partial charge in [0.15, 0.2) is 0 Å². The van der Waals surface area contributed by atoms with E-state index < -0.39 is 0 Å². The van der Waals surface area contributed by atoms with Gasteiger partial charge in [-0.25, -0.2) is 0 Å². The van der Waals surface area contributed by atoms with Crippen molar-refractivity contribution in [1.29, 1.82) is 0 Å². The van der Waals surface area contributed by atoms with Crippen LogP contribution in [0.4, 0.5) is 0 Å². The molecule has 0 radical (unpaired) electrons. The summed E-state index contributed by atoms with van der Waals surface area (Å²) in [4.78, 5) is 0. The van der Waals surface area contributed by atoms with Crippen LogP contribution in [0.1, 0.15) is 18.1 Å². The predicted octanol–water partition coefficient (Wildman–Crippen LogP) is -3.23. The van der Waals surface area contributed by atoms with Crippen molar-refractivity contribution in [2.24, 2.45) is 0 Å². The minimum atomic E-state index is 0. The number of benzene rings is 1. The molecule has 0 spiro atoms. The van der Waals surface area contributed by atoms with Crippen LogP contribution >= 0.6 is 0 Å². The molecule has 0 aliphatic carbocycles. The molecule has 0 aromatic heterocycles. The molecule has 0 heterocycles. The normalized spacial score (nSPS) is 8.15. The zero-order valence-electron chi connectivity index (χ0n) is 9.04. The fourth-order valence-electron chi connectivity index (χ4n) is 1.13. The molecule has 0 amide bonds. The molecule has 0 atom stereocenters. The summed E-state index contributed by atoms with van der Waals surface area (Å²) in [5.74, 6) is 0. The summed E-state index contributed by atoms with van der Waals surface area (Å²) in [7, 11) is 1.84. The average molecular weight is 161 g/mol. The van der Waals surface area contributed by atoms with E-state index in [4.69, 9.17) is 0 Å². The van der Waals surface area contributed by atoms with E-state index in [-0.39, 0.29) is 37.7 Å². The van der Waals surface area contributed by atoms with E-state index in [2.05, 4.69) is 36.9 Å². The Kier molecular flexibility index (Phi) is 10.7. The zero-order valence-corrected chi connectivity index (χ0v) is 9.04. The van der Waals surface area contributed by atoms with Crippen molar-refractivity contribution in [3.05, 3.63) is 47.1 Å². The first kappa shape index (κ1) is 15.7. The molecule has 1 aromatic carbocycles. The van der Waals surface area contributed by atoms with E-state index in [1.807, 2.05) is 13.1 Å². The monoisotopic (exact) mass is 161 g/mol. The van der Waals surface area contributed by atoms with Crippen LogP contribution < -0.4 is 37.7 Å². The first-order valence-electron chi connectivity index (χ1n) is 3.81. The summed E-state index contributed by atoms with van der Waals surface area (Å²) in [5.41, 5.74) is 2.59. The Labute approximate surface area is 105 Å². The van der Waals surface area contributed by atoms with Crippen molar-refractivity contribution in [3.8, 4) is 0 Å². The molecule has 0 fully saturated rings. The number of rotatable bonds is 3. The fraction of sp³-hybridized carbons (Fsp3) is 0.300. The van der Waals surface area contributed by atoms with Crippen molar-refractivity contribution in [2.75, 3.05) is 7.05 Å². The van der Waals surface area contributed by atoms with Gasteiger partial charge in [-0.3, -0.25) is 0 Å². The quantitative estimate of drug-likeness (QED) is 0.327. The molecular weight excluding hydrogens is 148 g/mol. The van der Waals surface area contributed by atoms with Crippen molar-refractivity contribution < 1.29 is 37.7 Å². The first-order valence-corrected chi connectivity index (χ1v) is 3.81. The van der Waals surface area contributed by atoms with Gasteiger partial charge in [0.05, 0.1) is 0 Å². The molecule has 1 nitrogen and oxygen atoms in total. The van der Waals surface area contributed by atoms with Gasteiger partial charge in [0, 0.05) is 0 Å². The average Bonchev–Trinajstić information content (AvgIpc) is 2.06. The largest absolute Gasteiger partial charge is 1.00 e. The van der Waals surface area contributed by atoms with Crippen LogP contribution in [0.2, 0.25) is 0 Å². The van der Waals surface area contributed by atoms with Crippen LogP contribution in [0, 0.1) is 6.42 Å². The maximum Gasteiger partial charge on any atom is 1.00 e. The third-order valence-electron chi connectivity index (χ3n) is 1.69. The number of hydrogen-bond acceptors (Lipinski definition) is 0. The molecular formula is C10H13Li2N. The van der Waals surface area contributed by atoms with Crippen LogP contribution in [0.3, 0.4) is 0 Å². The summed E-state index contributed by atoms with van der Waals surface area (Å²) in [6.07, 6.45) is 2.11. The zero-order chi connectivity index (χ0) is 8.10. The van der Waals surface area contributed by atoms with Gasteiger partial charge in [-0.2, -0.15) is 37.2 Å². The molecule has 0 N–H and O–H groups in total. The second-order valence-corrected chi connectivity index (χ2v) is 2.46. The van der Waals surface area contributed by atoms with Crippen LogP contribution in [-0.2, 0) is 6.54 Å². The molecule has 1 aromatic rings. The fourth-order valence-corrected chi connectivity index (χ4v) is 1.13. The summed E-state index contributed by atoms with van der Waals surface area (Å²) < 4.78 is 0. The van der Waals surface area contributed by atoms with Gasteiger partial charge >= 0.3 is 37.7 Å². The van der Waals surface area contributed by atoms with E-state index in [0.717, 1.165) is 6.54 Å². The molecule has 0 saturated heterocycles. The van der Waals surface area contributed by atoms with E-state index in [1.165, 1.54) is 11.1 Å². The van der Waals surface area contributed by atoms with Gasteiger partial charge in [-0.1, -0.05) is 13.0 Å². The van der Waals surface area contributed by atoms with Gasteiger partial charge in [0.2, 0.25) is 0 Å². The van der Waals surface area contributed by atoms with Crippen molar-refractivity contribution >= 4 is 0 Å². The Bertz CT molecular complexity index is 226. The molecule has 0 aliphatic heterocycles. The Hall–Kier alpha value is 0.245. The van der Waals surface area contributed by atoms with Crippen molar-refractivity contribution in [3.63, 3.8) is 0 Å². The molecule has 0 unspecified atom stereocenters. The molecule has 0 aliphatic rings. The Balaban J connectivity index is 0. The third-order valence-corrected chi connectivity index (χ3v) is 1.69. The standard InChI is InChI=1S/C10H13N.2Li/c1-3-9-6-4-5-7-10(9)8-11-2;;/h3-7H,8H2,1-2H3;;/q-2;2*+1. The van der Waals surface area contributed by atoms with Crippen LogP contribution in [-0.4, -0.2) is 7.05 Å². The van der Waals surface area contributed by atoms with Crippen LogP contribution in [0.5, 0.6) is 0 Å². The van der Waals surface area contributed by atoms with Gasteiger partial charge in [0.25, 0.3) is 0 Å². The molecule has 1 rings (SSSR count). The maximum absolute atomic E-state index is 4.09. The number of nitrogens with zero attached hydrogens (tertiary/aromatic N) is 1. The second kappa shape index (κ2) is 8.83. The minimum Gasteiger partial charge on any atom is -0.671 e. The topological polar surface area (TPSA) is 14.1 Å². The van der Waals surface area contributed by atoms with Crippen molar-refractivity contribution in [2.45, 2.75) is 13.5 Å². The Morgan fingerprint density at radius 1 is 1.23 bits per heavy atom. The van der Waals surface area contributed by atoms with Crippen LogP contribution in [0.15, 0.2) is 24.3 Å². The van der Waals surface area contributed by atoms with Gasteiger partial charge in [0.1, 0.15) is 0 Å². The Morgan fingerprint density at radius 2 is 1.85 bits per heavy atom. The summed E-state index contributed by atoms with van der Waals surface area (Å²) >= 11 is 0. The molecule has 0 saturated carbocycles. The summed E-state index contributed by atoms with van der Waals surface area (Å²) in [6.45, 7) is 2.87. The van der Waals surface area contributed by atoms with E-state index in [1.54, 1.807) is 0 Å². The van der Waals surface area contributed by atoms with Gasteiger partial charge in [-0.05, 0) is 0 Å². The smallest absolute Gasteiger partial charge is 0.671 e. The molecule has 60 valence electrons. The molecule has 0 bridgehead atoms. The number of hydrogen-bond donors (Lipinski definition) is 0. The SMILES string of the molecule is C[CH-]c1ccccc1C[N-]C.[Li+].[Li+]. The predicted molar refractivity (Wildman–Crippen MR) is 48.5 cm³/mol. The van der Waals surface area contributed by atoms with Crippen molar-refractivity contribution in [1.82, 2.24) is 0 Å². The molecule has 13 heavy (non-hydrogen) atoms. The maximum atomic E-state index is 4.09. The van der Waals surface area contributed by atoms with Gasteiger partial charge < -0.3 is 5.32 Å². The van der Waals surface area contributed by atoms with Gasteiger partial charge in [-0.15, -0.1) is 12.1 Å². The second-order valence-electron chi connectivity index (χ2n) is 2.46. The van der Waals surface area contributed by atoms with E-state index in [9.17, 15) is 0 Å². The van der Waals surface area contributed by atoms with Crippen LogP contribution in [0.25, 0.3) is 5.32 Å². The summed E-state index contributed by atoms with van der Waals surface area (Å²) in [6, 6.07) is 8.32. The third kappa shape index (κ3) is 4.87. The minimum absolute atomic E-state index is 0. The first-order chi connectivity index (χ1) is 5.38. The molecule has 3 heteroatoms. The Morgan fingerprint density at radius 3 is 2.38 bits per heavy atom. The van der Waals surface area contributed by atoms with E-state index in [0.29, 0.717) is 0 Å².